The molecule has 8 nitrogen and oxygen atoms in total. The van der Waals surface area contributed by atoms with E-state index in [4.69, 9.17) is 4.74 Å². The van der Waals surface area contributed by atoms with Gasteiger partial charge in [0, 0.05) is 32.6 Å². The first-order valence-corrected chi connectivity index (χ1v) is 11.6. The maximum atomic E-state index is 13.5. The van der Waals surface area contributed by atoms with E-state index in [0.29, 0.717) is 55.2 Å². The predicted octanol–water partition coefficient (Wildman–Crippen LogP) is 2.53. The lowest BCUT2D eigenvalue weighted by atomic mass is 10.2. The highest BCUT2D eigenvalue weighted by molar-refractivity contribution is 7.91. The minimum Gasteiger partial charge on any atom is -0.497 e. The molecule has 1 saturated heterocycles. The molecule has 3 aromatic rings. The Bertz CT molecular complexity index is 1200. The van der Waals surface area contributed by atoms with E-state index < -0.39 is 9.84 Å². The largest absolute Gasteiger partial charge is 0.497 e. The molecule has 162 valence electrons. The summed E-state index contributed by atoms with van der Waals surface area (Å²) < 4.78 is 32.2. The predicted molar refractivity (Wildman–Crippen MR) is 117 cm³/mol. The standard InChI is InChI=1S/C22H24N4O4S/c1-3-20(27)25-12-14-26(15-13-25)21-22(24-19-7-5-4-6-18(19)23-21)31(28,29)17-10-8-16(30-2)9-11-17/h4-11H,3,12-15H2,1-2H3. The zero-order chi connectivity index (χ0) is 22.0. The fourth-order valence-corrected chi connectivity index (χ4v) is 4.97. The van der Waals surface area contributed by atoms with Crippen LogP contribution in [0.25, 0.3) is 11.0 Å². The molecule has 9 heteroatoms. The normalized spacial score (nSPS) is 14.6. The first-order valence-electron chi connectivity index (χ1n) is 10.1. The first-order chi connectivity index (χ1) is 14.9. The van der Waals surface area contributed by atoms with Crippen LogP contribution in [0.4, 0.5) is 5.82 Å². The highest BCUT2D eigenvalue weighted by Crippen LogP contribution is 2.30. The minimum absolute atomic E-state index is 0.0772. The first kappa shape index (κ1) is 21.0. The van der Waals surface area contributed by atoms with E-state index in [1.807, 2.05) is 24.0 Å². The van der Waals surface area contributed by atoms with Gasteiger partial charge in [-0.15, -0.1) is 0 Å². The van der Waals surface area contributed by atoms with E-state index in [2.05, 4.69) is 9.97 Å². The number of nitrogens with zero attached hydrogens (tertiary/aromatic N) is 4. The number of anilines is 1. The van der Waals surface area contributed by atoms with Crippen LogP contribution in [0.5, 0.6) is 5.75 Å². The molecule has 1 amide bonds. The molecule has 0 unspecified atom stereocenters. The van der Waals surface area contributed by atoms with Crippen LogP contribution in [-0.2, 0) is 14.6 Å². The summed E-state index contributed by atoms with van der Waals surface area (Å²) in [4.78, 5) is 25.0. The van der Waals surface area contributed by atoms with Crippen molar-refractivity contribution < 1.29 is 17.9 Å². The van der Waals surface area contributed by atoms with Crippen molar-refractivity contribution in [3.05, 3.63) is 48.5 Å². The number of hydrogen-bond acceptors (Lipinski definition) is 7. The average Bonchev–Trinajstić information content (AvgIpc) is 2.82. The Hall–Kier alpha value is -3.20. The number of rotatable bonds is 5. The average molecular weight is 441 g/mol. The van der Waals surface area contributed by atoms with Crippen molar-refractivity contribution in [3.8, 4) is 5.75 Å². The molecule has 0 aliphatic carbocycles. The lowest BCUT2D eigenvalue weighted by Crippen LogP contribution is -2.49. The topological polar surface area (TPSA) is 92.7 Å². The summed E-state index contributed by atoms with van der Waals surface area (Å²) in [5.41, 5.74) is 1.14. The number of methoxy groups -OCH3 is 1. The number of hydrogen-bond donors (Lipinski definition) is 0. The molecule has 1 fully saturated rings. The second-order valence-corrected chi connectivity index (χ2v) is 9.11. The Kier molecular flexibility index (Phi) is 5.77. The third kappa shape index (κ3) is 4.05. The molecule has 0 saturated carbocycles. The van der Waals surface area contributed by atoms with Crippen LogP contribution in [0.15, 0.2) is 58.5 Å². The summed E-state index contributed by atoms with van der Waals surface area (Å²) in [6.07, 6.45) is 0.451. The van der Waals surface area contributed by atoms with E-state index >= 15 is 0 Å². The van der Waals surface area contributed by atoms with Crippen molar-refractivity contribution in [2.24, 2.45) is 0 Å². The van der Waals surface area contributed by atoms with Gasteiger partial charge in [0.05, 0.1) is 23.0 Å². The van der Waals surface area contributed by atoms with Gasteiger partial charge in [-0.2, -0.15) is 0 Å². The fourth-order valence-electron chi connectivity index (χ4n) is 3.62. The van der Waals surface area contributed by atoms with E-state index in [1.165, 1.54) is 19.2 Å². The van der Waals surface area contributed by atoms with E-state index in [1.54, 1.807) is 29.2 Å². The lowest BCUT2D eigenvalue weighted by molar-refractivity contribution is -0.131. The molecule has 0 atom stereocenters. The Morgan fingerprint density at radius 3 is 2.16 bits per heavy atom. The van der Waals surface area contributed by atoms with Crippen molar-refractivity contribution in [3.63, 3.8) is 0 Å². The summed E-state index contributed by atoms with van der Waals surface area (Å²) in [6.45, 7) is 3.85. The molecule has 2 heterocycles. The zero-order valence-corrected chi connectivity index (χ0v) is 18.3. The molecular formula is C22H24N4O4S. The van der Waals surface area contributed by atoms with Crippen LogP contribution in [0.1, 0.15) is 13.3 Å². The molecule has 1 aliphatic rings. The summed E-state index contributed by atoms with van der Waals surface area (Å²) in [7, 11) is -2.39. The van der Waals surface area contributed by atoms with Crippen molar-refractivity contribution in [1.29, 1.82) is 0 Å². The van der Waals surface area contributed by atoms with Crippen LogP contribution in [0, 0.1) is 0 Å². The second-order valence-electron chi connectivity index (χ2n) is 7.24. The molecular weight excluding hydrogens is 416 g/mol. The van der Waals surface area contributed by atoms with Crippen molar-refractivity contribution in [2.75, 3.05) is 38.2 Å². The maximum Gasteiger partial charge on any atom is 0.227 e. The number of aromatic nitrogens is 2. The van der Waals surface area contributed by atoms with Gasteiger partial charge in [-0.3, -0.25) is 4.79 Å². The highest BCUT2D eigenvalue weighted by atomic mass is 32.2. The van der Waals surface area contributed by atoms with Gasteiger partial charge in [-0.25, -0.2) is 18.4 Å². The number of carbonyl (C=O) groups is 1. The number of benzene rings is 2. The highest BCUT2D eigenvalue weighted by Gasteiger charge is 2.30. The number of amides is 1. The van der Waals surface area contributed by atoms with Crippen LogP contribution < -0.4 is 9.64 Å². The third-order valence-corrected chi connectivity index (χ3v) is 7.06. The lowest BCUT2D eigenvalue weighted by Gasteiger charge is -2.35. The molecule has 2 aromatic carbocycles. The molecule has 0 spiro atoms. The van der Waals surface area contributed by atoms with Gasteiger partial charge in [-0.1, -0.05) is 19.1 Å². The number of carbonyl (C=O) groups excluding carboxylic acids is 1. The minimum atomic E-state index is -3.92. The Morgan fingerprint density at radius 1 is 0.968 bits per heavy atom. The fraction of sp³-hybridized carbons (Fsp3) is 0.318. The van der Waals surface area contributed by atoms with Crippen molar-refractivity contribution >= 4 is 32.6 Å². The van der Waals surface area contributed by atoms with Gasteiger partial charge in [0.1, 0.15) is 5.75 Å². The van der Waals surface area contributed by atoms with Gasteiger partial charge in [0.25, 0.3) is 0 Å². The van der Waals surface area contributed by atoms with Gasteiger partial charge in [0.15, 0.2) is 5.82 Å². The monoisotopic (exact) mass is 440 g/mol. The number of para-hydroxylation sites is 2. The molecule has 1 aromatic heterocycles. The van der Waals surface area contributed by atoms with E-state index in [9.17, 15) is 13.2 Å². The SMILES string of the molecule is CCC(=O)N1CCN(c2nc3ccccc3nc2S(=O)(=O)c2ccc(OC)cc2)CC1. The molecule has 1 aliphatic heterocycles. The Labute approximate surface area is 181 Å². The number of piperazine rings is 1. The molecule has 0 N–H and O–H groups in total. The van der Waals surface area contributed by atoms with E-state index in [-0.39, 0.29) is 15.8 Å². The van der Waals surface area contributed by atoms with Crippen LogP contribution in [-0.4, -0.2) is 62.5 Å². The molecule has 31 heavy (non-hydrogen) atoms. The van der Waals surface area contributed by atoms with Gasteiger partial charge in [0.2, 0.25) is 20.8 Å². The number of sulfone groups is 1. The quantitative estimate of drug-likeness (QED) is 0.602. The van der Waals surface area contributed by atoms with Crippen LogP contribution >= 0.6 is 0 Å². The molecule has 0 radical (unpaired) electrons. The smallest absolute Gasteiger partial charge is 0.227 e. The Balaban J connectivity index is 1.78. The van der Waals surface area contributed by atoms with Gasteiger partial charge >= 0.3 is 0 Å². The van der Waals surface area contributed by atoms with E-state index in [0.717, 1.165) is 0 Å². The van der Waals surface area contributed by atoms with Gasteiger partial charge in [-0.05, 0) is 36.4 Å². The number of ether oxygens (including phenoxy) is 1. The zero-order valence-electron chi connectivity index (χ0n) is 17.5. The third-order valence-electron chi connectivity index (χ3n) is 5.38. The maximum absolute atomic E-state index is 13.5. The van der Waals surface area contributed by atoms with Crippen molar-refractivity contribution in [2.45, 2.75) is 23.3 Å². The van der Waals surface area contributed by atoms with Crippen molar-refractivity contribution in [1.82, 2.24) is 14.9 Å². The Morgan fingerprint density at radius 2 is 1.58 bits per heavy atom. The summed E-state index contributed by atoms with van der Waals surface area (Å²) in [6, 6.07) is 13.4. The summed E-state index contributed by atoms with van der Waals surface area (Å²) >= 11 is 0. The summed E-state index contributed by atoms with van der Waals surface area (Å²) in [5, 5.41) is -0.0772. The summed E-state index contributed by atoms with van der Waals surface area (Å²) in [5.74, 6) is 0.980. The molecule has 4 rings (SSSR count). The van der Waals surface area contributed by atoms with Gasteiger partial charge < -0.3 is 14.5 Å². The van der Waals surface area contributed by atoms with Crippen LogP contribution in [0.3, 0.4) is 0 Å². The molecule has 0 bridgehead atoms. The second kappa shape index (κ2) is 8.50. The number of fused-ring (bicyclic) bond motifs is 1. The van der Waals surface area contributed by atoms with Crippen LogP contribution in [0.2, 0.25) is 0 Å².